The number of nitrogens with zero attached hydrogens (tertiary/aromatic N) is 2. The number of benzene rings is 1. The molecule has 1 aromatic heterocycles. The Bertz CT molecular complexity index is 744. The summed E-state index contributed by atoms with van der Waals surface area (Å²) in [6.45, 7) is -0.416. The molecule has 1 N–H and O–H groups in total. The van der Waals surface area contributed by atoms with Gasteiger partial charge in [0.1, 0.15) is 6.61 Å². The second-order valence-corrected chi connectivity index (χ2v) is 5.15. The number of carboxylic acids is 1. The summed E-state index contributed by atoms with van der Waals surface area (Å²) in [5.41, 5.74) is 0.652. The van der Waals surface area contributed by atoms with Gasteiger partial charge in [0.15, 0.2) is 6.61 Å². The highest BCUT2D eigenvalue weighted by atomic mass is 19.4. The fourth-order valence-electron chi connectivity index (χ4n) is 1.85. The van der Waals surface area contributed by atoms with Crippen LogP contribution in [-0.2, 0) is 28.8 Å². The number of carbonyl (C=O) groups is 1. The molecule has 1 heterocycles. The third-order valence-corrected chi connectivity index (χ3v) is 3.13. The molecule has 1 aromatic carbocycles. The molecule has 0 bridgehead atoms. The highest BCUT2D eigenvalue weighted by Gasteiger charge is 2.29. The predicted molar refractivity (Wildman–Crippen MR) is 85.8 cm³/mol. The van der Waals surface area contributed by atoms with Gasteiger partial charge in [-0.15, -0.1) is 0 Å². The molecule has 0 aliphatic carbocycles. The quantitative estimate of drug-likeness (QED) is 0.571. The number of aromatic nitrogens is 1. The van der Waals surface area contributed by atoms with E-state index in [4.69, 9.17) is 14.7 Å². The third-order valence-electron chi connectivity index (χ3n) is 3.13. The van der Waals surface area contributed by atoms with Gasteiger partial charge in [0.05, 0.1) is 5.56 Å². The molecular weight excluding hydrogens is 353 g/mol. The van der Waals surface area contributed by atoms with Crippen LogP contribution in [0.1, 0.15) is 16.7 Å². The second-order valence-electron chi connectivity index (χ2n) is 5.15. The fraction of sp³-hybridized carbons (Fsp3) is 0.235. The monoisotopic (exact) mass is 368 g/mol. The summed E-state index contributed by atoms with van der Waals surface area (Å²) in [4.78, 5) is 19.4. The van der Waals surface area contributed by atoms with Crippen LogP contribution in [0.2, 0.25) is 0 Å². The van der Waals surface area contributed by atoms with Crippen molar-refractivity contribution in [2.45, 2.75) is 19.2 Å². The SMILES string of the molecule is O=C(O)COc1ccc(CC=NOCc2ccc(C(F)(F)F)cc2)cn1. The number of carboxylic acid groups (broad SMARTS) is 1. The van der Waals surface area contributed by atoms with Crippen molar-refractivity contribution in [2.75, 3.05) is 6.61 Å². The Morgan fingerprint density at radius 1 is 1.15 bits per heavy atom. The topological polar surface area (TPSA) is 81.0 Å². The maximum Gasteiger partial charge on any atom is 0.416 e. The first-order valence-electron chi connectivity index (χ1n) is 7.44. The number of hydrogen-bond acceptors (Lipinski definition) is 5. The molecule has 0 saturated heterocycles. The van der Waals surface area contributed by atoms with Gasteiger partial charge < -0.3 is 14.7 Å². The van der Waals surface area contributed by atoms with E-state index in [1.54, 1.807) is 6.07 Å². The minimum Gasteiger partial charge on any atom is -0.479 e. The Labute approximate surface area is 146 Å². The van der Waals surface area contributed by atoms with Crippen LogP contribution in [0.3, 0.4) is 0 Å². The third kappa shape index (κ3) is 6.42. The number of halogens is 3. The molecule has 2 aromatic rings. The molecule has 26 heavy (non-hydrogen) atoms. The van der Waals surface area contributed by atoms with E-state index in [0.29, 0.717) is 12.0 Å². The van der Waals surface area contributed by atoms with Gasteiger partial charge in [-0.25, -0.2) is 9.78 Å². The number of pyridine rings is 1. The lowest BCUT2D eigenvalue weighted by atomic mass is 10.1. The van der Waals surface area contributed by atoms with Crippen LogP contribution >= 0.6 is 0 Å². The molecule has 0 aliphatic heterocycles. The maximum atomic E-state index is 12.4. The Morgan fingerprint density at radius 2 is 1.85 bits per heavy atom. The summed E-state index contributed by atoms with van der Waals surface area (Å²) in [7, 11) is 0. The molecule has 0 spiro atoms. The zero-order valence-electron chi connectivity index (χ0n) is 13.4. The Kier molecular flexibility index (Phi) is 6.54. The van der Waals surface area contributed by atoms with Gasteiger partial charge in [-0.3, -0.25) is 0 Å². The average Bonchev–Trinajstić information content (AvgIpc) is 2.60. The summed E-state index contributed by atoms with van der Waals surface area (Å²) in [5.74, 6) is -0.889. The van der Waals surface area contributed by atoms with E-state index >= 15 is 0 Å². The molecular formula is C17H15F3N2O4. The van der Waals surface area contributed by atoms with E-state index in [1.165, 1.54) is 30.6 Å². The first-order valence-corrected chi connectivity index (χ1v) is 7.44. The van der Waals surface area contributed by atoms with Crippen LogP contribution in [0.5, 0.6) is 5.88 Å². The molecule has 0 saturated carbocycles. The van der Waals surface area contributed by atoms with Gasteiger partial charge in [0.25, 0.3) is 0 Å². The van der Waals surface area contributed by atoms with E-state index in [0.717, 1.165) is 17.7 Å². The molecule has 2 rings (SSSR count). The van der Waals surface area contributed by atoms with Crippen molar-refractivity contribution in [3.63, 3.8) is 0 Å². The zero-order valence-corrected chi connectivity index (χ0v) is 13.4. The summed E-state index contributed by atoms with van der Waals surface area (Å²) in [6.07, 6.45) is -0.947. The van der Waals surface area contributed by atoms with Crippen LogP contribution in [0.15, 0.2) is 47.8 Å². The number of oxime groups is 1. The van der Waals surface area contributed by atoms with E-state index in [2.05, 4.69) is 10.1 Å². The highest BCUT2D eigenvalue weighted by Crippen LogP contribution is 2.29. The first-order chi connectivity index (χ1) is 12.3. The Morgan fingerprint density at radius 3 is 2.42 bits per heavy atom. The minimum absolute atomic E-state index is 0.0504. The van der Waals surface area contributed by atoms with E-state index < -0.39 is 24.3 Å². The largest absolute Gasteiger partial charge is 0.479 e. The van der Waals surface area contributed by atoms with Crippen LogP contribution in [0, 0.1) is 0 Å². The average molecular weight is 368 g/mol. The zero-order chi connectivity index (χ0) is 19.0. The summed E-state index contributed by atoms with van der Waals surface area (Å²) >= 11 is 0. The van der Waals surface area contributed by atoms with Gasteiger partial charge >= 0.3 is 12.1 Å². The smallest absolute Gasteiger partial charge is 0.416 e. The van der Waals surface area contributed by atoms with Gasteiger partial charge in [0.2, 0.25) is 5.88 Å². The summed E-state index contributed by atoms with van der Waals surface area (Å²) < 4.78 is 42.2. The fourth-order valence-corrected chi connectivity index (χ4v) is 1.85. The van der Waals surface area contributed by atoms with E-state index in [-0.39, 0.29) is 12.5 Å². The summed E-state index contributed by atoms with van der Waals surface area (Å²) in [5, 5.41) is 12.2. The van der Waals surface area contributed by atoms with Crippen molar-refractivity contribution in [3.05, 3.63) is 59.3 Å². The highest BCUT2D eigenvalue weighted by molar-refractivity contribution is 5.68. The van der Waals surface area contributed by atoms with Gasteiger partial charge in [-0.2, -0.15) is 13.2 Å². The van der Waals surface area contributed by atoms with Gasteiger partial charge in [0, 0.05) is 24.9 Å². The number of ether oxygens (including phenoxy) is 1. The van der Waals surface area contributed by atoms with Crippen LogP contribution in [0.25, 0.3) is 0 Å². The Balaban J connectivity index is 1.74. The molecule has 0 fully saturated rings. The van der Waals surface area contributed by atoms with Gasteiger partial charge in [-0.05, 0) is 23.3 Å². The standard InChI is InChI=1S/C17H15F3N2O4/c18-17(19,20)14-4-1-13(2-5-14)10-26-22-8-7-12-3-6-15(21-9-12)25-11-16(23)24/h1-6,8-9H,7,10-11H2,(H,23,24). The van der Waals surface area contributed by atoms with Crippen LogP contribution in [-0.4, -0.2) is 28.9 Å². The number of aliphatic carboxylic acids is 1. The van der Waals surface area contributed by atoms with Crippen molar-refractivity contribution in [3.8, 4) is 5.88 Å². The predicted octanol–water partition coefficient (Wildman–Crippen LogP) is 3.31. The molecule has 138 valence electrons. The van der Waals surface area contributed by atoms with Gasteiger partial charge in [-0.1, -0.05) is 23.4 Å². The second kappa shape index (κ2) is 8.84. The molecule has 9 heteroatoms. The van der Waals surface area contributed by atoms with Crippen molar-refractivity contribution < 1.29 is 32.6 Å². The Hall–Kier alpha value is -3.10. The maximum absolute atomic E-state index is 12.4. The lowest BCUT2D eigenvalue weighted by Crippen LogP contribution is -2.10. The normalized spacial score (nSPS) is 11.5. The molecule has 6 nitrogen and oxygen atoms in total. The van der Waals surface area contributed by atoms with Crippen molar-refractivity contribution in [2.24, 2.45) is 5.16 Å². The van der Waals surface area contributed by atoms with Crippen LogP contribution < -0.4 is 4.74 Å². The van der Waals surface area contributed by atoms with Crippen LogP contribution in [0.4, 0.5) is 13.2 Å². The summed E-state index contributed by atoms with van der Waals surface area (Å²) in [6, 6.07) is 7.88. The van der Waals surface area contributed by atoms with Crippen molar-refractivity contribution >= 4 is 12.2 Å². The molecule has 0 unspecified atom stereocenters. The lowest BCUT2D eigenvalue weighted by molar-refractivity contribution is -0.139. The molecule has 0 aliphatic rings. The first kappa shape index (κ1) is 19.2. The van der Waals surface area contributed by atoms with E-state index in [1.807, 2.05) is 0 Å². The lowest BCUT2D eigenvalue weighted by Gasteiger charge is -2.07. The minimum atomic E-state index is -4.36. The van der Waals surface area contributed by atoms with Crippen molar-refractivity contribution in [1.82, 2.24) is 4.98 Å². The number of alkyl halides is 3. The van der Waals surface area contributed by atoms with Crippen molar-refractivity contribution in [1.29, 1.82) is 0 Å². The number of hydrogen-bond donors (Lipinski definition) is 1. The molecule has 0 atom stereocenters. The molecule has 0 amide bonds. The van der Waals surface area contributed by atoms with E-state index in [9.17, 15) is 18.0 Å². The molecule has 0 radical (unpaired) electrons. The number of rotatable bonds is 8.